The Hall–Kier alpha value is 0.01000. The van der Waals surface area contributed by atoms with E-state index >= 15 is 0 Å². The molecule has 0 aliphatic rings. The number of halogens is 1. The van der Waals surface area contributed by atoms with Crippen molar-refractivity contribution in [1.82, 2.24) is 4.98 Å². The fourth-order valence-corrected chi connectivity index (χ4v) is 1.53. The van der Waals surface area contributed by atoms with E-state index in [0.717, 1.165) is 0 Å². The highest BCUT2D eigenvalue weighted by Crippen LogP contribution is 2.21. The van der Waals surface area contributed by atoms with Gasteiger partial charge >= 0.3 is 0 Å². The lowest BCUT2D eigenvalue weighted by Gasteiger charge is -2.02. The molecular weight excluding hydrogens is 237 g/mol. The first-order valence-corrected chi connectivity index (χ1v) is 4.54. The van der Waals surface area contributed by atoms with Crippen molar-refractivity contribution in [3.63, 3.8) is 0 Å². The topological polar surface area (TPSA) is 15.8 Å². The van der Waals surface area contributed by atoms with Crippen LogP contribution < -0.4 is 0 Å². The Kier molecular flexibility index (Phi) is 2.39. The van der Waals surface area contributed by atoms with Crippen LogP contribution >= 0.6 is 22.6 Å². The van der Waals surface area contributed by atoms with Crippen LogP contribution in [0.4, 0.5) is 0 Å². The number of H-pyrrole nitrogens is 1. The van der Waals surface area contributed by atoms with Gasteiger partial charge in [0, 0.05) is 15.5 Å². The van der Waals surface area contributed by atoms with Crippen molar-refractivity contribution in [2.75, 3.05) is 0 Å². The number of aromatic amines is 1. The fraction of sp³-hybridized carbons (Fsp3) is 0.500. The van der Waals surface area contributed by atoms with Crippen LogP contribution in [0.2, 0.25) is 0 Å². The Morgan fingerprint density at radius 1 is 1.50 bits per heavy atom. The molecule has 0 atom stereocenters. The van der Waals surface area contributed by atoms with Gasteiger partial charge in [0.1, 0.15) is 0 Å². The summed E-state index contributed by atoms with van der Waals surface area (Å²) in [6, 6.07) is 0. The predicted molar refractivity (Wildman–Crippen MR) is 52.3 cm³/mol. The molecule has 1 rings (SSSR count). The molecule has 1 nitrogen and oxygen atoms in total. The molecule has 1 N–H and O–H groups in total. The molecular formula is C8H12IN. The standard InChI is InChI=1S/C8H12IN/c1-5(2)8-6(3)7(9)4-10-8/h4-5,10H,1-3H3. The summed E-state index contributed by atoms with van der Waals surface area (Å²) < 4.78 is 1.33. The summed E-state index contributed by atoms with van der Waals surface area (Å²) in [6.45, 7) is 6.57. The Morgan fingerprint density at radius 2 is 2.10 bits per heavy atom. The summed E-state index contributed by atoms with van der Waals surface area (Å²) in [7, 11) is 0. The van der Waals surface area contributed by atoms with Gasteiger partial charge in [-0.05, 0) is 41.0 Å². The van der Waals surface area contributed by atoms with Crippen LogP contribution in [-0.2, 0) is 0 Å². The Morgan fingerprint density at radius 3 is 2.30 bits per heavy atom. The van der Waals surface area contributed by atoms with Gasteiger partial charge in [-0.2, -0.15) is 0 Å². The second-order valence-corrected chi connectivity index (χ2v) is 3.99. The molecule has 0 unspecified atom stereocenters. The van der Waals surface area contributed by atoms with Crippen LogP contribution in [0.1, 0.15) is 31.0 Å². The minimum atomic E-state index is 0.614. The summed E-state index contributed by atoms with van der Waals surface area (Å²) in [5.41, 5.74) is 2.76. The second-order valence-electron chi connectivity index (χ2n) is 2.83. The van der Waals surface area contributed by atoms with Crippen molar-refractivity contribution < 1.29 is 0 Å². The second kappa shape index (κ2) is 2.95. The van der Waals surface area contributed by atoms with Crippen molar-refractivity contribution in [2.45, 2.75) is 26.7 Å². The molecule has 0 spiro atoms. The monoisotopic (exact) mass is 249 g/mol. The van der Waals surface area contributed by atoms with E-state index in [2.05, 4.69) is 54.5 Å². The predicted octanol–water partition coefficient (Wildman–Crippen LogP) is 3.05. The van der Waals surface area contributed by atoms with Crippen LogP contribution in [-0.4, -0.2) is 4.98 Å². The molecule has 0 radical (unpaired) electrons. The molecule has 0 amide bonds. The zero-order chi connectivity index (χ0) is 7.72. The quantitative estimate of drug-likeness (QED) is 0.736. The molecule has 0 saturated heterocycles. The zero-order valence-electron chi connectivity index (χ0n) is 6.53. The smallest absolute Gasteiger partial charge is 0.0337 e. The Labute approximate surface area is 75.4 Å². The molecule has 1 aromatic rings. The summed E-state index contributed by atoms with van der Waals surface area (Å²) in [5.74, 6) is 0.614. The summed E-state index contributed by atoms with van der Waals surface area (Å²) in [6.07, 6.45) is 2.06. The zero-order valence-corrected chi connectivity index (χ0v) is 8.69. The van der Waals surface area contributed by atoms with Gasteiger partial charge in [0.05, 0.1) is 0 Å². The molecule has 2 heteroatoms. The summed E-state index contributed by atoms with van der Waals surface area (Å²) in [4.78, 5) is 3.27. The van der Waals surface area contributed by atoms with Crippen molar-refractivity contribution in [1.29, 1.82) is 0 Å². The average molecular weight is 249 g/mol. The third-order valence-corrected chi connectivity index (χ3v) is 2.81. The molecule has 0 bridgehead atoms. The first-order chi connectivity index (χ1) is 4.63. The van der Waals surface area contributed by atoms with Crippen molar-refractivity contribution in [3.05, 3.63) is 21.0 Å². The first kappa shape index (κ1) is 8.11. The van der Waals surface area contributed by atoms with E-state index in [4.69, 9.17) is 0 Å². The van der Waals surface area contributed by atoms with Gasteiger partial charge in [0.25, 0.3) is 0 Å². The molecule has 56 valence electrons. The third-order valence-electron chi connectivity index (χ3n) is 1.69. The lowest BCUT2D eigenvalue weighted by atomic mass is 10.1. The lowest BCUT2D eigenvalue weighted by Crippen LogP contribution is -1.89. The molecule has 0 aromatic carbocycles. The van der Waals surface area contributed by atoms with E-state index in [-0.39, 0.29) is 0 Å². The van der Waals surface area contributed by atoms with Gasteiger partial charge in [-0.1, -0.05) is 13.8 Å². The summed E-state index contributed by atoms with van der Waals surface area (Å²) in [5, 5.41) is 0. The number of hydrogen-bond donors (Lipinski definition) is 1. The SMILES string of the molecule is Cc1c(I)c[nH]c1C(C)C. The van der Waals surface area contributed by atoms with Crippen LogP contribution in [0.5, 0.6) is 0 Å². The number of rotatable bonds is 1. The first-order valence-electron chi connectivity index (χ1n) is 3.46. The van der Waals surface area contributed by atoms with Gasteiger partial charge in [0.15, 0.2) is 0 Å². The average Bonchev–Trinajstić information content (AvgIpc) is 2.14. The van der Waals surface area contributed by atoms with Gasteiger partial charge in [-0.15, -0.1) is 0 Å². The van der Waals surface area contributed by atoms with E-state index in [1.165, 1.54) is 14.8 Å². The largest absolute Gasteiger partial charge is 0.364 e. The van der Waals surface area contributed by atoms with E-state index in [0.29, 0.717) is 5.92 Å². The van der Waals surface area contributed by atoms with Crippen molar-refractivity contribution in [3.8, 4) is 0 Å². The maximum absolute atomic E-state index is 3.27. The third kappa shape index (κ3) is 1.36. The Bertz CT molecular complexity index is 225. The van der Waals surface area contributed by atoms with Crippen LogP contribution in [0.3, 0.4) is 0 Å². The number of nitrogens with one attached hydrogen (secondary N) is 1. The number of aromatic nitrogens is 1. The molecule has 10 heavy (non-hydrogen) atoms. The van der Waals surface area contributed by atoms with Crippen LogP contribution in [0.15, 0.2) is 6.20 Å². The molecule has 1 aromatic heterocycles. The molecule has 0 fully saturated rings. The van der Waals surface area contributed by atoms with Crippen molar-refractivity contribution >= 4 is 22.6 Å². The van der Waals surface area contributed by atoms with Crippen LogP contribution in [0.25, 0.3) is 0 Å². The fourth-order valence-electron chi connectivity index (χ4n) is 1.09. The van der Waals surface area contributed by atoms with Gasteiger partial charge in [-0.25, -0.2) is 0 Å². The van der Waals surface area contributed by atoms with Crippen molar-refractivity contribution in [2.24, 2.45) is 0 Å². The lowest BCUT2D eigenvalue weighted by molar-refractivity contribution is 0.824. The van der Waals surface area contributed by atoms with Gasteiger partial charge < -0.3 is 4.98 Å². The molecule has 1 heterocycles. The minimum absolute atomic E-state index is 0.614. The van der Waals surface area contributed by atoms with Crippen LogP contribution in [0, 0.1) is 10.5 Å². The normalized spacial score (nSPS) is 10.9. The highest BCUT2D eigenvalue weighted by atomic mass is 127. The van der Waals surface area contributed by atoms with Gasteiger partial charge in [-0.3, -0.25) is 0 Å². The van der Waals surface area contributed by atoms with E-state index in [9.17, 15) is 0 Å². The van der Waals surface area contributed by atoms with E-state index < -0.39 is 0 Å². The van der Waals surface area contributed by atoms with E-state index in [1.54, 1.807) is 0 Å². The molecule has 0 saturated carbocycles. The maximum atomic E-state index is 3.27. The highest BCUT2D eigenvalue weighted by molar-refractivity contribution is 14.1. The minimum Gasteiger partial charge on any atom is -0.364 e. The maximum Gasteiger partial charge on any atom is 0.0337 e. The summed E-state index contributed by atoms with van der Waals surface area (Å²) >= 11 is 2.35. The Balaban J connectivity index is 3.05. The number of hydrogen-bond acceptors (Lipinski definition) is 0. The molecule has 0 aliphatic heterocycles. The van der Waals surface area contributed by atoms with E-state index in [1.807, 2.05) is 0 Å². The van der Waals surface area contributed by atoms with Gasteiger partial charge in [0.2, 0.25) is 0 Å². The highest BCUT2D eigenvalue weighted by Gasteiger charge is 2.06. The molecule has 0 aliphatic carbocycles.